The van der Waals surface area contributed by atoms with Crippen LogP contribution in [0, 0.1) is 0 Å². The molecule has 0 aliphatic heterocycles. The lowest BCUT2D eigenvalue weighted by atomic mass is 10.1. The minimum atomic E-state index is -1.25. The van der Waals surface area contributed by atoms with Gasteiger partial charge in [0.1, 0.15) is 0 Å². The Morgan fingerprint density at radius 3 is 1.92 bits per heavy atom. The molecule has 2 N–H and O–H groups in total. The molecule has 0 unspecified atom stereocenters. The van der Waals surface area contributed by atoms with Gasteiger partial charge < -0.3 is 10.4 Å². The highest BCUT2D eigenvalue weighted by atomic mass is 79.9. The standard InChI is InChI=1S/C14H5Br4Cl2NO3/c15-9-7(8(14(23)24)10(16)12(18)11(9)17)13(22)21-4-1-2-5(19)6(20)3-4/h1-3H,(H,21,22)(H,23,24). The first-order valence-corrected chi connectivity index (χ1v) is 9.93. The van der Waals surface area contributed by atoms with Gasteiger partial charge in [-0.05, 0) is 81.9 Å². The molecule has 0 atom stereocenters. The van der Waals surface area contributed by atoms with E-state index in [0.29, 0.717) is 24.1 Å². The number of hydrogen-bond acceptors (Lipinski definition) is 2. The van der Waals surface area contributed by atoms with Gasteiger partial charge in [-0.3, -0.25) is 4.79 Å². The summed E-state index contributed by atoms with van der Waals surface area (Å²) in [5.74, 6) is -1.87. The number of nitrogens with one attached hydrogen (secondary N) is 1. The normalized spacial score (nSPS) is 10.6. The predicted molar refractivity (Wildman–Crippen MR) is 109 cm³/mol. The maximum atomic E-state index is 12.6. The van der Waals surface area contributed by atoms with Crippen LogP contribution in [0.15, 0.2) is 36.1 Å². The number of carboxylic acid groups (broad SMARTS) is 1. The Morgan fingerprint density at radius 1 is 0.875 bits per heavy atom. The van der Waals surface area contributed by atoms with Gasteiger partial charge in [0.05, 0.1) is 21.2 Å². The predicted octanol–water partition coefficient (Wildman–Crippen LogP) is 6.99. The Hall–Kier alpha value is -0.120. The molecule has 0 saturated carbocycles. The second-order valence-electron chi connectivity index (χ2n) is 4.39. The van der Waals surface area contributed by atoms with Crippen LogP contribution in [-0.2, 0) is 0 Å². The molecule has 0 fully saturated rings. The molecule has 1 amide bonds. The minimum absolute atomic E-state index is 0.0458. The van der Waals surface area contributed by atoms with Gasteiger partial charge in [0.2, 0.25) is 0 Å². The van der Waals surface area contributed by atoms with Crippen molar-refractivity contribution in [1.82, 2.24) is 0 Å². The second-order valence-corrected chi connectivity index (χ2v) is 8.38. The molecule has 0 aliphatic rings. The Labute approximate surface area is 180 Å². The van der Waals surface area contributed by atoms with Gasteiger partial charge in [-0.2, -0.15) is 0 Å². The summed E-state index contributed by atoms with van der Waals surface area (Å²) in [5.41, 5.74) is 0.151. The zero-order valence-electron chi connectivity index (χ0n) is 11.3. The van der Waals surface area contributed by atoms with E-state index in [0.717, 1.165) is 0 Å². The molecule has 10 heteroatoms. The fourth-order valence-electron chi connectivity index (χ4n) is 1.81. The summed E-state index contributed by atoms with van der Waals surface area (Å²) in [4.78, 5) is 24.2. The zero-order valence-corrected chi connectivity index (χ0v) is 19.1. The average molecular weight is 626 g/mol. The highest BCUT2D eigenvalue weighted by molar-refractivity contribution is 9.15. The van der Waals surface area contributed by atoms with E-state index < -0.39 is 11.9 Å². The fourth-order valence-corrected chi connectivity index (χ4v) is 4.58. The van der Waals surface area contributed by atoms with Crippen molar-refractivity contribution in [3.05, 3.63) is 57.3 Å². The third kappa shape index (κ3) is 3.99. The van der Waals surface area contributed by atoms with Crippen LogP contribution in [0.3, 0.4) is 0 Å². The Kier molecular flexibility index (Phi) is 6.78. The summed E-state index contributed by atoms with van der Waals surface area (Å²) in [5, 5.41) is 12.7. The smallest absolute Gasteiger partial charge is 0.337 e. The lowest BCUT2D eigenvalue weighted by molar-refractivity contribution is 0.0691. The topological polar surface area (TPSA) is 66.4 Å². The highest BCUT2D eigenvalue weighted by Gasteiger charge is 2.28. The maximum Gasteiger partial charge on any atom is 0.337 e. The lowest BCUT2D eigenvalue weighted by Crippen LogP contribution is -2.18. The quantitative estimate of drug-likeness (QED) is 0.285. The van der Waals surface area contributed by atoms with Gasteiger partial charge in [-0.1, -0.05) is 23.2 Å². The van der Waals surface area contributed by atoms with Crippen LogP contribution >= 0.6 is 86.9 Å². The molecule has 126 valence electrons. The molecule has 2 aromatic carbocycles. The van der Waals surface area contributed by atoms with Crippen LogP contribution in [0.1, 0.15) is 20.7 Å². The number of anilines is 1. The van der Waals surface area contributed by atoms with Crippen molar-refractivity contribution in [2.75, 3.05) is 5.32 Å². The third-order valence-corrected chi connectivity index (χ3v) is 8.39. The van der Waals surface area contributed by atoms with Crippen molar-refractivity contribution in [1.29, 1.82) is 0 Å². The summed E-state index contributed by atoms with van der Waals surface area (Å²) >= 11 is 24.8. The average Bonchev–Trinajstić information content (AvgIpc) is 2.51. The molecule has 0 aliphatic carbocycles. The van der Waals surface area contributed by atoms with Crippen molar-refractivity contribution in [2.24, 2.45) is 0 Å². The van der Waals surface area contributed by atoms with Crippen molar-refractivity contribution >= 4 is 104 Å². The van der Waals surface area contributed by atoms with Gasteiger partial charge in [0.25, 0.3) is 5.91 Å². The van der Waals surface area contributed by atoms with Gasteiger partial charge >= 0.3 is 5.97 Å². The monoisotopic (exact) mass is 621 g/mol. The van der Waals surface area contributed by atoms with E-state index in [1.807, 2.05) is 0 Å². The lowest BCUT2D eigenvalue weighted by Gasteiger charge is -2.15. The highest BCUT2D eigenvalue weighted by Crippen LogP contribution is 2.42. The number of carbonyl (C=O) groups excluding carboxylic acids is 1. The Balaban J connectivity index is 2.56. The number of carbonyl (C=O) groups is 2. The van der Waals surface area contributed by atoms with Crippen molar-refractivity contribution in [3.8, 4) is 0 Å². The van der Waals surface area contributed by atoms with Crippen molar-refractivity contribution in [3.63, 3.8) is 0 Å². The van der Waals surface area contributed by atoms with Crippen LogP contribution in [0.2, 0.25) is 10.0 Å². The zero-order chi connectivity index (χ0) is 18.2. The molecule has 0 spiro atoms. The summed E-state index contributed by atoms with van der Waals surface area (Å²) in [7, 11) is 0. The summed E-state index contributed by atoms with van der Waals surface area (Å²) < 4.78 is 1.51. The fraction of sp³-hybridized carbons (Fsp3) is 0. The summed E-state index contributed by atoms with van der Waals surface area (Å²) in [6.07, 6.45) is 0. The van der Waals surface area contributed by atoms with Crippen molar-refractivity contribution in [2.45, 2.75) is 0 Å². The third-order valence-electron chi connectivity index (χ3n) is 2.89. The number of benzene rings is 2. The Morgan fingerprint density at radius 2 is 1.42 bits per heavy atom. The minimum Gasteiger partial charge on any atom is -0.478 e. The Bertz CT molecular complexity index is 874. The molecule has 0 aromatic heterocycles. The van der Waals surface area contributed by atoms with Crippen LogP contribution in [-0.4, -0.2) is 17.0 Å². The molecular formula is C14H5Br4Cl2NO3. The molecule has 24 heavy (non-hydrogen) atoms. The van der Waals surface area contributed by atoms with E-state index in [1.165, 1.54) is 12.1 Å². The molecule has 0 radical (unpaired) electrons. The largest absolute Gasteiger partial charge is 0.478 e. The molecular weight excluding hydrogens is 621 g/mol. The van der Waals surface area contributed by atoms with Gasteiger partial charge in [0.15, 0.2) is 0 Å². The molecule has 4 nitrogen and oxygen atoms in total. The van der Waals surface area contributed by atoms with Crippen LogP contribution in [0.25, 0.3) is 0 Å². The van der Waals surface area contributed by atoms with E-state index in [1.54, 1.807) is 6.07 Å². The van der Waals surface area contributed by atoms with Crippen LogP contribution in [0.5, 0.6) is 0 Å². The number of hydrogen-bond donors (Lipinski definition) is 2. The number of carboxylic acids is 1. The number of amides is 1. The van der Waals surface area contributed by atoms with Crippen LogP contribution in [0.4, 0.5) is 5.69 Å². The SMILES string of the molecule is O=C(O)c1c(Br)c(Br)c(Br)c(Br)c1C(=O)Nc1ccc(Cl)c(Cl)c1. The number of aromatic carboxylic acids is 1. The second kappa shape index (κ2) is 8.05. The molecule has 0 saturated heterocycles. The molecule has 2 rings (SSSR count). The van der Waals surface area contributed by atoms with E-state index in [4.69, 9.17) is 23.2 Å². The maximum absolute atomic E-state index is 12.6. The van der Waals surface area contributed by atoms with Gasteiger partial charge in [-0.25, -0.2) is 4.79 Å². The van der Waals surface area contributed by atoms with Crippen LogP contribution < -0.4 is 5.32 Å². The van der Waals surface area contributed by atoms with E-state index in [2.05, 4.69) is 69.0 Å². The van der Waals surface area contributed by atoms with E-state index >= 15 is 0 Å². The van der Waals surface area contributed by atoms with E-state index in [9.17, 15) is 14.7 Å². The van der Waals surface area contributed by atoms with Gasteiger partial charge in [-0.15, -0.1) is 0 Å². The number of rotatable bonds is 3. The first-order chi connectivity index (χ1) is 11.1. The number of halogens is 6. The van der Waals surface area contributed by atoms with E-state index in [-0.39, 0.29) is 20.6 Å². The molecule has 0 heterocycles. The van der Waals surface area contributed by atoms with Gasteiger partial charge in [0, 0.05) is 23.6 Å². The molecule has 2 aromatic rings. The first kappa shape index (κ1) is 20.2. The van der Waals surface area contributed by atoms with Crippen molar-refractivity contribution < 1.29 is 14.7 Å². The first-order valence-electron chi connectivity index (χ1n) is 6.00. The molecule has 0 bridgehead atoms. The summed E-state index contributed by atoms with van der Waals surface area (Å²) in [6.45, 7) is 0. The summed E-state index contributed by atoms with van der Waals surface area (Å²) in [6, 6.07) is 4.56.